The molecule has 0 radical (unpaired) electrons. The predicted octanol–water partition coefficient (Wildman–Crippen LogP) is 3.24. The third-order valence-corrected chi connectivity index (χ3v) is 6.89. The Morgan fingerprint density at radius 2 is 1.81 bits per heavy atom. The van der Waals surface area contributed by atoms with Crippen molar-refractivity contribution in [1.29, 1.82) is 0 Å². The summed E-state index contributed by atoms with van der Waals surface area (Å²) in [5.41, 5.74) is 0.802. The van der Waals surface area contributed by atoms with Gasteiger partial charge in [0, 0.05) is 49.6 Å². The fourth-order valence-corrected chi connectivity index (χ4v) is 5.77. The molecule has 4 aliphatic rings. The molecular formula is C21H26F2N4. The first-order valence-corrected chi connectivity index (χ1v) is 10.1. The molecule has 0 amide bonds. The van der Waals surface area contributed by atoms with Gasteiger partial charge in [-0.1, -0.05) is 0 Å². The van der Waals surface area contributed by atoms with Crippen molar-refractivity contribution in [1.82, 2.24) is 19.4 Å². The Labute approximate surface area is 158 Å². The number of likely N-dealkylation sites (tertiary alicyclic amines) is 1. The molecule has 1 aromatic carbocycles. The van der Waals surface area contributed by atoms with Gasteiger partial charge in [0.05, 0.1) is 6.54 Å². The third-order valence-electron chi connectivity index (χ3n) is 6.89. The highest BCUT2D eigenvalue weighted by atomic mass is 19.1. The van der Waals surface area contributed by atoms with Crippen LogP contribution in [0.15, 0.2) is 30.6 Å². The number of hydrogen-bond acceptors (Lipinski definition) is 3. The number of hydrogen-bond donors (Lipinski definition) is 0. The highest BCUT2D eigenvalue weighted by molar-refractivity contribution is 5.28. The molecule has 2 bridgehead atoms. The monoisotopic (exact) mass is 372 g/mol. The summed E-state index contributed by atoms with van der Waals surface area (Å²) in [6.45, 7) is 6.90. The van der Waals surface area contributed by atoms with Crippen molar-refractivity contribution in [3.63, 3.8) is 0 Å². The van der Waals surface area contributed by atoms with Gasteiger partial charge in [-0.05, 0) is 56.5 Å². The van der Waals surface area contributed by atoms with E-state index in [2.05, 4.69) is 26.3 Å². The van der Waals surface area contributed by atoms with Crippen LogP contribution in [-0.2, 0) is 13.1 Å². The molecule has 4 aliphatic heterocycles. The van der Waals surface area contributed by atoms with Crippen LogP contribution in [-0.4, -0.2) is 51.1 Å². The molecule has 0 spiro atoms. The van der Waals surface area contributed by atoms with E-state index in [9.17, 15) is 8.78 Å². The topological polar surface area (TPSA) is 24.3 Å². The second-order valence-corrected chi connectivity index (χ2v) is 8.22. The standard InChI is InChI=1S/C21H26F2N4/c1-2-25-8-5-24-19(25)13-27-12-18(15-9-16(22)11-17(23)10-15)21-20(27)14-3-6-26(21)7-4-14/h5,8-11,14,18,20-21H,2-4,6-7,12-13H2,1H3/t18-,20+,21+/m1/s1. The van der Waals surface area contributed by atoms with Gasteiger partial charge < -0.3 is 4.57 Å². The molecule has 0 N–H and O–H groups in total. The highest BCUT2D eigenvalue weighted by Gasteiger charge is 2.53. The number of nitrogens with zero attached hydrogens (tertiary/aromatic N) is 4. The minimum atomic E-state index is -0.475. The van der Waals surface area contributed by atoms with Crippen molar-refractivity contribution in [3.05, 3.63) is 53.6 Å². The molecule has 5 heterocycles. The minimum Gasteiger partial charge on any atom is -0.334 e. The average Bonchev–Trinajstić information content (AvgIpc) is 3.28. The Hall–Kier alpha value is -1.79. The Bertz CT molecular complexity index is 807. The summed E-state index contributed by atoms with van der Waals surface area (Å²) >= 11 is 0. The maximum absolute atomic E-state index is 13.9. The van der Waals surface area contributed by atoms with Crippen LogP contribution in [0.2, 0.25) is 0 Å². The van der Waals surface area contributed by atoms with Gasteiger partial charge in [-0.3, -0.25) is 9.80 Å². The van der Waals surface area contributed by atoms with Crippen LogP contribution in [0.3, 0.4) is 0 Å². The fourth-order valence-electron chi connectivity index (χ4n) is 5.77. The number of halogens is 2. The van der Waals surface area contributed by atoms with Crippen molar-refractivity contribution in [3.8, 4) is 0 Å². The minimum absolute atomic E-state index is 0.147. The van der Waals surface area contributed by atoms with Gasteiger partial charge in [-0.25, -0.2) is 13.8 Å². The maximum Gasteiger partial charge on any atom is 0.126 e. The molecule has 6 heteroatoms. The van der Waals surface area contributed by atoms with E-state index in [4.69, 9.17) is 0 Å². The van der Waals surface area contributed by atoms with Gasteiger partial charge in [-0.15, -0.1) is 0 Å². The summed E-state index contributed by atoms with van der Waals surface area (Å²) in [7, 11) is 0. The number of aryl methyl sites for hydroxylation is 1. The lowest BCUT2D eigenvalue weighted by Crippen LogP contribution is -2.60. The van der Waals surface area contributed by atoms with E-state index < -0.39 is 11.6 Å². The zero-order chi connectivity index (χ0) is 18.5. The second kappa shape index (κ2) is 6.67. The number of imidazole rings is 1. The van der Waals surface area contributed by atoms with Gasteiger partial charge in [0.1, 0.15) is 17.5 Å². The summed E-state index contributed by atoms with van der Waals surface area (Å²) < 4.78 is 30.0. The smallest absolute Gasteiger partial charge is 0.126 e. The summed E-state index contributed by atoms with van der Waals surface area (Å²) in [4.78, 5) is 9.65. The van der Waals surface area contributed by atoms with Gasteiger partial charge >= 0.3 is 0 Å². The van der Waals surface area contributed by atoms with E-state index in [1.54, 1.807) is 0 Å². The second-order valence-electron chi connectivity index (χ2n) is 8.22. The van der Waals surface area contributed by atoms with Crippen molar-refractivity contribution in [2.24, 2.45) is 5.92 Å². The lowest BCUT2D eigenvalue weighted by Gasteiger charge is -2.51. The largest absolute Gasteiger partial charge is 0.334 e. The molecule has 27 heavy (non-hydrogen) atoms. The van der Waals surface area contributed by atoms with Crippen molar-refractivity contribution in [2.45, 2.75) is 50.9 Å². The number of piperidine rings is 3. The van der Waals surface area contributed by atoms with E-state index in [0.29, 0.717) is 18.0 Å². The molecule has 0 unspecified atom stereocenters. The predicted molar refractivity (Wildman–Crippen MR) is 99.3 cm³/mol. The molecule has 4 saturated heterocycles. The third kappa shape index (κ3) is 2.90. The molecule has 0 saturated carbocycles. The molecule has 4 fully saturated rings. The van der Waals surface area contributed by atoms with Gasteiger partial charge in [-0.2, -0.15) is 0 Å². The van der Waals surface area contributed by atoms with Gasteiger partial charge in [0.15, 0.2) is 0 Å². The molecular weight excluding hydrogens is 346 g/mol. The fraction of sp³-hybridized carbons (Fsp3) is 0.571. The lowest BCUT2D eigenvalue weighted by molar-refractivity contribution is -0.00954. The Kier molecular flexibility index (Phi) is 4.28. The Balaban J connectivity index is 1.50. The van der Waals surface area contributed by atoms with E-state index in [0.717, 1.165) is 50.2 Å². The zero-order valence-electron chi connectivity index (χ0n) is 15.7. The molecule has 0 aliphatic carbocycles. The average molecular weight is 372 g/mol. The first kappa shape index (κ1) is 17.3. The molecule has 144 valence electrons. The molecule has 1 aromatic heterocycles. The van der Waals surface area contributed by atoms with Crippen LogP contribution < -0.4 is 0 Å². The van der Waals surface area contributed by atoms with Crippen LogP contribution in [0.1, 0.15) is 37.1 Å². The molecule has 2 aromatic rings. The number of aromatic nitrogens is 2. The van der Waals surface area contributed by atoms with Crippen LogP contribution in [0.5, 0.6) is 0 Å². The van der Waals surface area contributed by atoms with Crippen molar-refractivity contribution < 1.29 is 8.78 Å². The molecule has 4 nitrogen and oxygen atoms in total. The lowest BCUT2D eigenvalue weighted by atomic mass is 9.75. The van der Waals surface area contributed by atoms with E-state index in [1.807, 2.05) is 12.4 Å². The number of fused-ring (bicyclic) bond motifs is 2. The van der Waals surface area contributed by atoms with E-state index >= 15 is 0 Å². The normalized spacial score (nSPS) is 32.8. The SMILES string of the molecule is CCn1ccnc1CN1C[C@H](c2cc(F)cc(F)c2)[C@H]2[C@@H]1C1CCN2CC1. The van der Waals surface area contributed by atoms with Gasteiger partial charge in [0.25, 0.3) is 0 Å². The van der Waals surface area contributed by atoms with Crippen LogP contribution in [0.4, 0.5) is 8.78 Å². The summed E-state index contributed by atoms with van der Waals surface area (Å²) in [6.07, 6.45) is 6.34. The van der Waals surface area contributed by atoms with E-state index in [1.165, 1.54) is 25.0 Å². The summed E-state index contributed by atoms with van der Waals surface area (Å²) in [5.74, 6) is 0.954. The molecule has 6 rings (SSSR count). The Morgan fingerprint density at radius 1 is 1.07 bits per heavy atom. The summed E-state index contributed by atoms with van der Waals surface area (Å²) in [6, 6.07) is 4.84. The molecule has 3 atom stereocenters. The van der Waals surface area contributed by atoms with Crippen LogP contribution in [0, 0.1) is 17.6 Å². The van der Waals surface area contributed by atoms with Crippen molar-refractivity contribution in [2.75, 3.05) is 19.6 Å². The van der Waals surface area contributed by atoms with Crippen LogP contribution in [0.25, 0.3) is 0 Å². The first-order chi connectivity index (χ1) is 13.1. The number of benzene rings is 1. The first-order valence-electron chi connectivity index (χ1n) is 10.1. The van der Waals surface area contributed by atoms with Crippen molar-refractivity contribution >= 4 is 0 Å². The highest BCUT2D eigenvalue weighted by Crippen LogP contribution is 2.47. The van der Waals surface area contributed by atoms with Gasteiger partial charge in [0.2, 0.25) is 0 Å². The van der Waals surface area contributed by atoms with E-state index in [-0.39, 0.29) is 5.92 Å². The zero-order valence-corrected chi connectivity index (χ0v) is 15.7. The quantitative estimate of drug-likeness (QED) is 0.824. The Morgan fingerprint density at radius 3 is 2.52 bits per heavy atom. The van der Waals surface area contributed by atoms with Crippen LogP contribution >= 0.6 is 0 Å². The maximum atomic E-state index is 13.9. The number of rotatable bonds is 4. The summed E-state index contributed by atoms with van der Waals surface area (Å²) in [5, 5.41) is 0.